The van der Waals surface area contributed by atoms with Crippen molar-refractivity contribution in [2.24, 2.45) is 0 Å². The lowest BCUT2D eigenvalue weighted by Crippen LogP contribution is -3.16. The Kier molecular flexibility index (Phi) is 6.10. The fourth-order valence-corrected chi connectivity index (χ4v) is 4.23. The molecule has 2 aromatic carbocycles. The first-order valence-corrected chi connectivity index (χ1v) is 9.81. The van der Waals surface area contributed by atoms with Crippen LogP contribution in [0.4, 0.5) is 0 Å². The van der Waals surface area contributed by atoms with Gasteiger partial charge in [-0.05, 0) is 24.0 Å². The Hall–Kier alpha value is -2.13. The highest BCUT2D eigenvalue weighted by Gasteiger charge is 2.39. The predicted octanol–water partition coefficient (Wildman–Crippen LogP) is 2.78. The average Bonchev–Trinajstić information content (AvgIpc) is 2.69. The normalized spacial score (nSPS) is 16.6. The van der Waals surface area contributed by atoms with Crippen LogP contribution in [-0.4, -0.2) is 32.1 Å². The second-order valence-electron chi connectivity index (χ2n) is 7.81. The standard InChI is InChI=1S/C23H30N2O/c1-25(2)23(16-10-5-11-17-23)18-24-22(26)21(19-12-6-3-7-13-19)20-14-8-4-9-15-20/h3-4,6-9,12-15,21H,5,10-11,16-18H2,1-2H3,(H,24,26)/p+1. The predicted molar refractivity (Wildman–Crippen MR) is 106 cm³/mol. The molecule has 1 saturated carbocycles. The second kappa shape index (κ2) is 8.50. The van der Waals surface area contributed by atoms with E-state index in [0.29, 0.717) is 0 Å². The molecule has 2 N–H and O–H groups in total. The highest BCUT2D eigenvalue weighted by Crippen LogP contribution is 2.27. The lowest BCUT2D eigenvalue weighted by molar-refractivity contribution is -0.916. The number of nitrogens with one attached hydrogen (secondary N) is 2. The first-order chi connectivity index (χ1) is 12.6. The number of amides is 1. The topological polar surface area (TPSA) is 33.5 Å². The monoisotopic (exact) mass is 351 g/mol. The van der Waals surface area contributed by atoms with Gasteiger partial charge in [-0.2, -0.15) is 0 Å². The molecule has 3 heteroatoms. The minimum atomic E-state index is -0.254. The molecule has 0 radical (unpaired) electrons. The number of benzene rings is 2. The zero-order valence-corrected chi connectivity index (χ0v) is 16.0. The quantitative estimate of drug-likeness (QED) is 0.824. The van der Waals surface area contributed by atoms with E-state index in [4.69, 9.17) is 0 Å². The molecule has 3 nitrogen and oxygen atoms in total. The van der Waals surface area contributed by atoms with Crippen molar-refractivity contribution >= 4 is 5.91 Å². The van der Waals surface area contributed by atoms with Gasteiger partial charge in [-0.1, -0.05) is 67.1 Å². The van der Waals surface area contributed by atoms with Gasteiger partial charge in [0.25, 0.3) is 0 Å². The van der Waals surface area contributed by atoms with E-state index in [9.17, 15) is 4.79 Å². The molecule has 0 aliphatic heterocycles. The van der Waals surface area contributed by atoms with Crippen molar-refractivity contribution in [3.63, 3.8) is 0 Å². The summed E-state index contributed by atoms with van der Waals surface area (Å²) in [6.45, 7) is 0.754. The zero-order chi connectivity index (χ0) is 18.4. The van der Waals surface area contributed by atoms with Gasteiger partial charge in [-0.25, -0.2) is 0 Å². The average molecular weight is 352 g/mol. The molecule has 3 rings (SSSR count). The summed E-state index contributed by atoms with van der Waals surface area (Å²) < 4.78 is 0. The molecule has 0 saturated heterocycles. The van der Waals surface area contributed by atoms with Crippen LogP contribution in [0.5, 0.6) is 0 Å². The van der Waals surface area contributed by atoms with Crippen LogP contribution >= 0.6 is 0 Å². The summed E-state index contributed by atoms with van der Waals surface area (Å²) >= 11 is 0. The van der Waals surface area contributed by atoms with Crippen molar-refractivity contribution in [1.29, 1.82) is 0 Å². The van der Waals surface area contributed by atoms with Crippen molar-refractivity contribution in [1.82, 2.24) is 5.32 Å². The zero-order valence-electron chi connectivity index (χ0n) is 16.0. The van der Waals surface area contributed by atoms with Crippen LogP contribution in [0.3, 0.4) is 0 Å². The molecule has 1 amide bonds. The Morgan fingerprint density at radius 2 is 1.42 bits per heavy atom. The number of carbonyl (C=O) groups is 1. The maximum atomic E-state index is 13.2. The summed E-state index contributed by atoms with van der Waals surface area (Å²) in [5.41, 5.74) is 2.27. The first kappa shape index (κ1) is 18.7. The van der Waals surface area contributed by atoms with Crippen molar-refractivity contribution in [3.8, 4) is 0 Å². The number of quaternary nitrogens is 1. The molecule has 0 unspecified atom stereocenters. The summed E-state index contributed by atoms with van der Waals surface area (Å²) in [5, 5.41) is 3.31. The van der Waals surface area contributed by atoms with Gasteiger partial charge in [-0.3, -0.25) is 4.79 Å². The molecular weight excluding hydrogens is 320 g/mol. The molecule has 1 aliphatic carbocycles. The summed E-state index contributed by atoms with van der Waals surface area (Å²) in [6, 6.07) is 20.2. The van der Waals surface area contributed by atoms with Crippen LogP contribution in [0.2, 0.25) is 0 Å². The molecule has 1 aliphatic rings. The number of rotatable bonds is 6. The van der Waals surface area contributed by atoms with Crippen molar-refractivity contribution in [2.75, 3.05) is 20.6 Å². The summed E-state index contributed by atoms with van der Waals surface area (Å²) in [7, 11) is 4.45. The summed E-state index contributed by atoms with van der Waals surface area (Å²) in [5.74, 6) is -0.149. The number of likely N-dealkylation sites (N-methyl/N-ethyl adjacent to an activating group) is 1. The van der Waals surface area contributed by atoms with E-state index < -0.39 is 0 Å². The minimum absolute atomic E-state index is 0.105. The van der Waals surface area contributed by atoms with E-state index in [-0.39, 0.29) is 17.4 Å². The van der Waals surface area contributed by atoms with Gasteiger partial charge in [-0.15, -0.1) is 0 Å². The Bertz CT molecular complexity index is 651. The van der Waals surface area contributed by atoms with E-state index in [0.717, 1.165) is 17.7 Å². The third-order valence-corrected chi connectivity index (χ3v) is 6.00. The number of hydrogen-bond acceptors (Lipinski definition) is 1. The molecule has 0 spiro atoms. The minimum Gasteiger partial charge on any atom is -0.349 e. The Labute approximate surface area is 157 Å². The van der Waals surface area contributed by atoms with Crippen LogP contribution in [0.25, 0.3) is 0 Å². The van der Waals surface area contributed by atoms with E-state index >= 15 is 0 Å². The van der Waals surface area contributed by atoms with Crippen molar-refractivity contribution < 1.29 is 9.69 Å². The van der Waals surface area contributed by atoms with Gasteiger partial charge in [0.2, 0.25) is 5.91 Å². The van der Waals surface area contributed by atoms with Gasteiger partial charge in [0, 0.05) is 12.8 Å². The van der Waals surface area contributed by atoms with Gasteiger partial charge in [0.1, 0.15) is 5.54 Å². The van der Waals surface area contributed by atoms with Crippen LogP contribution in [0.1, 0.15) is 49.1 Å². The lowest BCUT2D eigenvalue weighted by Gasteiger charge is -2.40. The van der Waals surface area contributed by atoms with Crippen LogP contribution in [-0.2, 0) is 4.79 Å². The van der Waals surface area contributed by atoms with Gasteiger partial charge < -0.3 is 10.2 Å². The molecule has 0 atom stereocenters. The summed E-state index contributed by atoms with van der Waals surface area (Å²) in [4.78, 5) is 14.7. The Morgan fingerprint density at radius 1 is 0.923 bits per heavy atom. The fraction of sp³-hybridized carbons (Fsp3) is 0.435. The Morgan fingerprint density at radius 3 is 1.88 bits per heavy atom. The third-order valence-electron chi connectivity index (χ3n) is 6.00. The van der Waals surface area contributed by atoms with Gasteiger partial charge in [0.05, 0.1) is 26.6 Å². The molecule has 26 heavy (non-hydrogen) atoms. The largest absolute Gasteiger partial charge is 0.349 e. The molecule has 138 valence electrons. The number of hydrogen-bond donors (Lipinski definition) is 2. The Balaban J connectivity index is 1.80. The molecule has 2 aromatic rings. The van der Waals surface area contributed by atoms with Crippen molar-refractivity contribution in [3.05, 3.63) is 71.8 Å². The van der Waals surface area contributed by atoms with E-state index in [1.165, 1.54) is 37.0 Å². The second-order valence-corrected chi connectivity index (χ2v) is 7.81. The molecule has 0 bridgehead atoms. The number of carbonyl (C=O) groups excluding carboxylic acids is 1. The smallest absolute Gasteiger partial charge is 0.232 e. The van der Waals surface area contributed by atoms with E-state index in [1.54, 1.807) is 0 Å². The van der Waals surface area contributed by atoms with E-state index in [1.807, 2.05) is 60.7 Å². The highest BCUT2D eigenvalue weighted by atomic mass is 16.1. The lowest BCUT2D eigenvalue weighted by atomic mass is 9.80. The molecule has 0 aromatic heterocycles. The maximum absolute atomic E-state index is 13.2. The third kappa shape index (κ3) is 4.16. The van der Waals surface area contributed by atoms with Crippen LogP contribution in [0.15, 0.2) is 60.7 Å². The maximum Gasteiger partial charge on any atom is 0.232 e. The SMILES string of the molecule is C[NH+](C)C1(CNC(=O)C(c2ccccc2)c2ccccc2)CCCCC1. The van der Waals surface area contributed by atoms with Gasteiger partial charge >= 0.3 is 0 Å². The van der Waals surface area contributed by atoms with Crippen LogP contribution < -0.4 is 10.2 Å². The summed E-state index contributed by atoms with van der Waals surface area (Å²) in [6.07, 6.45) is 6.23. The van der Waals surface area contributed by atoms with Crippen molar-refractivity contribution in [2.45, 2.75) is 43.6 Å². The van der Waals surface area contributed by atoms with Gasteiger partial charge in [0.15, 0.2) is 0 Å². The molecular formula is C23H31N2O+. The van der Waals surface area contributed by atoms with Crippen LogP contribution in [0, 0.1) is 0 Å². The van der Waals surface area contributed by atoms with E-state index in [2.05, 4.69) is 19.4 Å². The first-order valence-electron chi connectivity index (χ1n) is 9.81. The fourth-order valence-electron chi connectivity index (χ4n) is 4.23. The molecule has 1 fully saturated rings. The molecule has 0 heterocycles. The highest BCUT2D eigenvalue weighted by molar-refractivity contribution is 5.87.